The van der Waals surface area contributed by atoms with Crippen LogP contribution in [0.25, 0.3) is 0 Å². The van der Waals surface area contributed by atoms with E-state index in [9.17, 15) is 4.79 Å². The molecule has 1 aromatic heterocycles. The molecule has 5 nitrogen and oxygen atoms in total. The fourth-order valence-electron chi connectivity index (χ4n) is 1.90. The Morgan fingerprint density at radius 3 is 2.93 bits per heavy atom. The number of H-pyrrole nitrogens is 1. The van der Waals surface area contributed by atoms with Gasteiger partial charge in [0.1, 0.15) is 0 Å². The van der Waals surface area contributed by atoms with Crippen LogP contribution in [0.15, 0.2) is 9.32 Å². The van der Waals surface area contributed by atoms with Crippen molar-refractivity contribution in [2.45, 2.75) is 32.2 Å². The topological polar surface area (TPSA) is 62.1 Å². The van der Waals surface area contributed by atoms with Crippen LogP contribution < -0.4 is 5.76 Å². The Hall–Kier alpha value is -1.10. The third kappa shape index (κ3) is 1.72. The van der Waals surface area contributed by atoms with Gasteiger partial charge in [-0.2, -0.15) is 0 Å². The van der Waals surface area contributed by atoms with E-state index >= 15 is 0 Å². The first-order valence-corrected chi connectivity index (χ1v) is 4.96. The zero-order chi connectivity index (χ0) is 10.1. The first-order chi connectivity index (χ1) is 6.66. The van der Waals surface area contributed by atoms with E-state index in [2.05, 4.69) is 33.4 Å². The number of hydrogen-bond acceptors (Lipinski definition) is 4. The second-order valence-corrected chi connectivity index (χ2v) is 4.05. The molecule has 1 aromatic rings. The molecule has 0 saturated carbocycles. The Balaban J connectivity index is 2.05. The van der Waals surface area contributed by atoms with Crippen molar-refractivity contribution in [2.75, 3.05) is 13.1 Å². The third-order valence-corrected chi connectivity index (χ3v) is 2.79. The lowest BCUT2D eigenvalue weighted by molar-refractivity contribution is 0.271. The molecule has 5 heteroatoms. The van der Waals surface area contributed by atoms with Gasteiger partial charge in [-0.05, 0) is 26.8 Å². The predicted molar refractivity (Wildman–Crippen MR) is 51.2 cm³/mol. The van der Waals surface area contributed by atoms with E-state index in [1.807, 2.05) is 0 Å². The molecule has 0 radical (unpaired) electrons. The summed E-state index contributed by atoms with van der Waals surface area (Å²) >= 11 is 0. The Bertz CT molecular complexity index is 355. The van der Waals surface area contributed by atoms with E-state index < -0.39 is 5.76 Å². The van der Waals surface area contributed by atoms with Gasteiger partial charge in [0.2, 0.25) is 0 Å². The van der Waals surface area contributed by atoms with Crippen LogP contribution >= 0.6 is 0 Å². The maximum atomic E-state index is 10.8. The van der Waals surface area contributed by atoms with Crippen LogP contribution in [-0.4, -0.2) is 34.2 Å². The number of hydrogen-bond donors (Lipinski definition) is 1. The van der Waals surface area contributed by atoms with Crippen molar-refractivity contribution in [1.82, 2.24) is 15.0 Å². The highest BCUT2D eigenvalue weighted by molar-refractivity contribution is 4.98. The van der Waals surface area contributed by atoms with Gasteiger partial charge in [0.15, 0.2) is 5.82 Å². The molecule has 0 aliphatic carbocycles. The van der Waals surface area contributed by atoms with Crippen molar-refractivity contribution in [3.05, 3.63) is 16.4 Å². The molecule has 0 spiro atoms. The van der Waals surface area contributed by atoms with E-state index in [0.29, 0.717) is 17.8 Å². The van der Waals surface area contributed by atoms with E-state index in [4.69, 9.17) is 0 Å². The lowest BCUT2D eigenvalue weighted by Gasteiger charge is -2.19. The molecule has 1 aliphatic heterocycles. The molecule has 1 N–H and O–H groups in total. The largest absolute Gasteiger partial charge is 0.438 e. The lowest BCUT2D eigenvalue weighted by Crippen LogP contribution is -2.28. The predicted octanol–water partition coefficient (Wildman–Crippen LogP) is 0.561. The van der Waals surface area contributed by atoms with Crippen LogP contribution in [-0.2, 0) is 0 Å². The van der Waals surface area contributed by atoms with Crippen LogP contribution in [0, 0.1) is 0 Å². The summed E-state index contributed by atoms with van der Waals surface area (Å²) in [7, 11) is 0. The number of aromatic nitrogens is 2. The van der Waals surface area contributed by atoms with Gasteiger partial charge in [-0.25, -0.2) is 4.79 Å². The van der Waals surface area contributed by atoms with Gasteiger partial charge in [0, 0.05) is 18.5 Å². The van der Waals surface area contributed by atoms with Gasteiger partial charge in [0.05, 0.1) is 0 Å². The minimum atomic E-state index is -0.456. The SMILES string of the molecule is CC(C)N1CC[C@H](c2noc(=O)[nH]2)C1. The van der Waals surface area contributed by atoms with Crippen molar-refractivity contribution in [1.29, 1.82) is 0 Å². The van der Waals surface area contributed by atoms with Crippen molar-refractivity contribution in [3.8, 4) is 0 Å². The Kier molecular flexibility index (Phi) is 2.41. The molecule has 0 unspecified atom stereocenters. The second-order valence-electron chi connectivity index (χ2n) is 4.05. The van der Waals surface area contributed by atoms with Gasteiger partial charge in [0.25, 0.3) is 0 Å². The molecule has 2 heterocycles. The molecule has 0 amide bonds. The van der Waals surface area contributed by atoms with E-state index in [1.165, 1.54) is 0 Å². The molecule has 1 fully saturated rings. The summed E-state index contributed by atoms with van der Waals surface area (Å²) < 4.78 is 4.49. The molecule has 1 aliphatic rings. The molecule has 2 rings (SSSR count). The summed E-state index contributed by atoms with van der Waals surface area (Å²) in [5.41, 5.74) is 0. The van der Waals surface area contributed by atoms with E-state index in [1.54, 1.807) is 0 Å². The first kappa shape index (κ1) is 9.45. The molecule has 78 valence electrons. The molecule has 0 aromatic carbocycles. The van der Waals surface area contributed by atoms with Crippen molar-refractivity contribution in [3.63, 3.8) is 0 Å². The maximum Gasteiger partial charge on any atom is 0.438 e. The lowest BCUT2D eigenvalue weighted by atomic mass is 10.1. The minimum Gasteiger partial charge on any atom is -0.300 e. The fourth-order valence-corrected chi connectivity index (χ4v) is 1.90. The molecule has 14 heavy (non-hydrogen) atoms. The van der Waals surface area contributed by atoms with Gasteiger partial charge >= 0.3 is 5.76 Å². The second kappa shape index (κ2) is 3.57. The zero-order valence-electron chi connectivity index (χ0n) is 8.49. The zero-order valence-corrected chi connectivity index (χ0v) is 8.49. The van der Waals surface area contributed by atoms with Crippen molar-refractivity contribution >= 4 is 0 Å². The summed E-state index contributed by atoms with van der Waals surface area (Å²) in [5.74, 6) is 0.560. The monoisotopic (exact) mass is 197 g/mol. The Morgan fingerprint density at radius 2 is 2.43 bits per heavy atom. The number of likely N-dealkylation sites (tertiary alicyclic amines) is 1. The van der Waals surface area contributed by atoms with Crippen molar-refractivity contribution < 1.29 is 4.52 Å². The van der Waals surface area contributed by atoms with Gasteiger partial charge in [-0.3, -0.25) is 9.51 Å². The summed E-state index contributed by atoms with van der Waals surface area (Å²) in [6.45, 7) is 6.37. The van der Waals surface area contributed by atoms with Gasteiger partial charge in [-0.1, -0.05) is 5.16 Å². The molecule has 0 bridgehead atoms. The van der Waals surface area contributed by atoms with E-state index in [-0.39, 0.29) is 0 Å². The van der Waals surface area contributed by atoms with E-state index in [0.717, 1.165) is 19.5 Å². The molecular weight excluding hydrogens is 182 g/mol. The quantitative estimate of drug-likeness (QED) is 0.752. The first-order valence-electron chi connectivity index (χ1n) is 4.96. The average Bonchev–Trinajstić information content (AvgIpc) is 2.70. The minimum absolute atomic E-state index is 0.323. The highest BCUT2D eigenvalue weighted by Gasteiger charge is 2.27. The van der Waals surface area contributed by atoms with Crippen LogP contribution in [0.5, 0.6) is 0 Å². The fraction of sp³-hybridized carbons (Fsp3) is 0.778. The van der Waals surface area contributed by atoms with Crippen LogP contribution in [0.3, 0.4) is 0 Å². The van der Waals surface area contributed by atoms with Crippen molar-refractivity contribution in [2.24, 2.45) is 0 Å². The number of nitrogens with zero attached hydrogens (tertiary/aromatic N) is 2. The van der Waals surface area contributed by atoms with Crippen LogP contribution in [0.1, 0.15) is 32.0 Å². The average molecular weight is 197 g/mol. The smallest absolute Gasteiger partial charge is 0.300 e. The standard InChI is InChI=1S/C9H15N3O2/c1-6(2)12-4-3-7(5-12)8-10-9(13)14-11-8/h6-7H,3-5H2,1-2H3,(H,10,11,13)/t7-/m0/s1. The Labute approximate surface area is 82.1 Å². The molecular formula is C9H15N3O2. The van der Waals surface area contributed by atoms with Crippen LogP contribution in [0.2, 0.25) is 0 Å². The summed E-state index contributed by atoms with van der Waals surface area (Å²) in [6, 6.07) is 0.554. The highest BCUT2D eigenvalue weighted by Crippen LogP contribution is 2.24. The maximum absolute atomic E-state index is 10.8. The summed E-state index contributed by atoms with van der Waals surface area (Å²) in [5, 5.41) is 3.72. The van der Waals surface area contributed by atoms with Crippen LogP contribution in [0.4, 0.5) is 0 Å². The summed E-state index contributed by atoms with van der Waals surface area (Å²) in [6.07, 6.45) is 1.04. The van der Waals surface area contributed by atoms with Gasteiger partial charge in [-0.15, -0.1) is 0 Å². The highest BCUT2D eigenvalue weighted by atomic mass is 16.5. The molecule has 1 atom stereocenters. The number of nitrogens with one attached hydrogen (secondary N) is 1. The summed E-state index contributed by atoms with van der Waals surface area (Å²) in [4.78, 5) is 15.8. The van der Waals surface area contributed by atoms with Gasteiger partial charge < -0.3 is 4.90 Å². The normalized spacial score (nSPS) is 23.5. The number of aromatic amines is 1. The molecule has 1 saturated heterocycles. The number of rotatable bonds is 2. The third-order valence-electron chi connectivity index (χ3n) is 2.79. The Morgan fingerprint density at radius 1 is 1.64 bits per heavy atom.